The molecule has 9 nitrogen and oxygen atoms in total. The van der Waals surface area contributed by atoms with E-state index in [1.165, 1.54) is 4.90 Å². The fraction of sp³-hybridized carbons (Fsp3) is 0.481. The van der Waals surface area contributed by atoms with Crippen molar-refractivity contribution in [2.24, 2.45) is 0 Å². The standard InChI is InChI=1S/C27H37N3O6S/c1-5-36-25-13-9-8-12-24(25)30(37(4,33)34)19-26(31)29(18-21-14-16-23(35-3)17-15-21)20(2)27(32)28-22-10-6-7-11-22/h8-9,12-17,20,22H,5-7,10-11,18-19H2,1-4H3,(H,28,32). The summed E-state index contributed by atoms with van der Waals surface area (Å²) in [5.74, 6) is 0.275. The van der Waals surface area contributed by atoms with Crippen LogP contribution in [0.1, 0.15) is 45.1 Å². The zero-order chi connectivity index (χ0) is 27.0. The molecule has 0 spiro atoms. The van der Waals surface area contributed by atoms with Crippen molar-refractivity contribution in [1.82, 2.24) is 10.2 Å². The molecule has 10 heteroatoms. The van der Waals surface area contributed by atoms with Crippen LogP contribution in [-0.2, 0) is 26.2 Å². The lowest BCUT2D eigenvalue weighted by atomic mass is 10.1. The minimum Gasteiger partial charge on any atom is -0.497 e. The maximum absolute atomic E-state index is 13.7. The summed E-state index contributed by atoms with van der Waals surface area (Å²) in [7, 11) is -2.28. The van der Waals surface area contributed by atoms with Gasteiger partial charge in [-0.15, -0.1) is 0 Å². The van der Waals surface area contributed by atoms with Crippen molar-refractivity contribution in [1.29, 1.82) is 0 Å². The Kier molecular flexibility index (Phi) is 9.79. The van der Waals surface area contributed by atoms with Crippen LogP contribution in [0.2, 0.25) is 0 Å². The highest BCUT2D eigenvalue weighted by atomic mass is 32.2. The number of nitrogens with zero attached hydrogens (tertiary/aromatic N) is 2. The molecule has 1 saturated carbocycles. The van der Waals surface area contributed by atoms with E-state index in [0.29, 0.717) is 18.1 Å². The summed E-state index contributed by atoms with van der Waals surface area (Å²) in [5.41, 5.74) is 1.06. The summed E-state index contributed by atoms with van der Waals surface area (Å²) in [5, 5.41) is 3.05. The lowest BCUT2D eigenvalue weighted by Gasteiger charge is -2.32. The van der Waals surface area contributed by atoms with E-state index in [2.05, 4.69) is 5.32 Å². The van der Waals surface area contributed by atoms with Crippen molar-refractivity contribution in [3.05, 3.63) is 54.1 Å². The molecule has 0 heterocycles. The summed E-state index contributed by atoms with van der Waals surface area (Å²) < 4.78 is 37.5. The number of hydrogen-bond acceptors (Lipinski definition) is 6. The van der Waals surface area contributed by atoms with Gasteiger partial charge in [0, 0.05) is 12.6 Å². The largest absolute Gasteiger partial charge is 0.497 e. The number of ether oxygens (including phenoxy) is 2. The summed E-state index contributed by atoms with van der Waals surface area (Å²) in [6, 6.07) is 13.2. The lowest BCUT2D eigenvalue weighted by Crippen LogP contribution is -2.52. The number of methoxy groups -OCH3 is 1. The molecule has 2 amide bonds. The van der Waals surface area contributed by atoms with Gasteiger partial charge in [-0.2, -0.15) is 0 Å². The van der Waals surface area contributed by atoms with Gasteiger partial charge in [0.2, 0.25) is 21.8 Å². The molecular weight excluding hydrogens is 494 g/mol. The molecule has 1 atom stereocenters. The first-order valence-electron chi connectivity index (χ1n) is 12.6. The number of carbonyl (C=O) groups excluding carboxylic acids is 2. The molecule has 0 bridgehead atoms. The molecule has 1 unspecified atom stereocenters. The van der Waals surface area contributed by atoms with Crippen molar-refractivity contribution in [3.8, 4) is 11.5 Å². The van der Waals surface area contributed by atoms with Crippen molar-refractivity contribution < 1.29 is 27.5 Å². The van der Waals surface area contributed by atoms with Crippen LogP contribution in [0.3, 0.4) is 0 Å². The van der Waals surface area contributed by atoms with Gasteiger partial charge in [-0.3, -0.25) is 13.9 Å². The van der Waals surface area contributed by atoms with Gasteiger partial charge in [0.1, 0.15) is 24.1 Å². The normalized spacial score (nSPS) is 14.6. The van der Waals surface area contributed by atoms with Gasteiger partial charge in [-0.05, 0) is 56.5 Å². The van der Waals surface area contributed by atoms with E-state index in [1.807, 2.05) is 12.1 Å². The molecule has 1 N–H and O–H groups in total. The van der Waals surface area contributed by atoms with Crippen LogP contribution in [0.4, 0.5) is 5.69 Å². The van der Waals surface area contributed by atoms with Crippen LogP contribution in [0.5, 0.6) is 11.5 Å². The number of sulfonamides is 1. The summed E-state index contributed by atoms with van der Waals surface area (Å²) in [6.07, 6.45) is 5.02. The van der Waals surface area contributed by atoms with Crippen LogP contribution in [0, 0.1) is 0 Å². The van der Waals surface area contributed by atoms with E-state index < -0.39 is 28.5 Å². The predicted molar refractivity (Wildman–Crippen MR) is 143 cm³/mol. The molecule has 2 aromatic rings. The third-order valence-corrected chi connectivity index (χ3v) is 7.62. The topological polar surface area (TPSA) is 105 Å². The second-order valence-electron chi connectivity index (χ2n) is 9.21. The molecule has 37 heavy (non-hydrogen) atoms. The van der Waals surface area contributed by atoms with Gasteiger partial charge in [0.15, 0.2) is 0 Å². The number of rotatable bonds is 12. The van der Waals surface area contributed by atoms with Gasteiger partial charge in [0.05, 0.1) is 25.7 Å². The summed E-state index contributed by atoms with van der Waals surface area (Å²) in [6.45, 7) is 3.47. The van der Waals surface area contributed by atoms with Crippen LogP contribution >= 0.6 is 0 Å². The van der Waals surface area contributed by atoms with Crippen molar-refractivity contribution >= 4 is 27.5 Å². The fourth-order valence-electron chi connectivity index (χ4n) is 4.44. The van der Waals surface area contributed by atoms with Gasteiger partial charge >= 0.3 is 0 Å². The van der Waals surface area contributed by atoms with E-state index >= 15 is 0 Å². The van der Waals surface area contributed by atoms with E-state index in [9.17, 15) is 18.0 Å². The van der Waals surface area contributed by atoms with E-state index in [4.69, 9.17) is 9.47 Å². The van der Waals surface area contributed by atoms with E-state index in [1.54, 1.807) is 57.4 Å². The molecule has 0 saturated heterocycles. The number of anilines is 1. The van der Waals surface area contributed by atoms with Crippen LogP contribution in [0.25, 0.3) is 0 Å². The molecule has 2 aromatic carbocycles. The van der Waals surface area contributed by atoms with E-state index in [0.717, 1.165) is 41.8 Å². The Labute approximate surface area is 219 Å². The third-order valence-electron chi connectivity index (χ3n) is 6.49. The minimum absolute atomic E-state index is 0.0958. The number of para-hydroxylation sites is 2. The highest BCUT2D eigenvalue weighted by Gasteiger charge is 2.32. The molecule has 0 aromatic heterocycles. The van der Waals surface area contributed by atoms with Crippen molar-refractivity contribution in [3.63, 3.8) is 0 Å². The Morgan fingerprint density at radius 3 is 2.32 bits per heavy atom. The number of nitrogens with one attached hydrogen (secondary N) is 1. The number of benzene rings is 2. The Bertz CT molecular complexity index is 1160. The minimum atomic E-state index is -3.85. The Morgan fingerprint density at radius 1 is 1.08 bits per heavy atom. The average Bonchev–Trinajstić information content (AvgIpc) is 3.38. The third kappa shape index (κ3) is 7.61. The quantitative estimate of drug-likeness (QED) is 0.451. The maximum Gasteiger partial charge on any atom is 0.244 e. The number of amides is 2. The zero-order valence-electron chi connectivity index (χ0n) is 22.0. The number of hydrogen-bond donors (Lipinski definition) is 1. The fourth-order valence-corrected chi connectivity index (χ4v) is 5.29. The Morgan fingerprint density at radius 2 is 1.73 bits per heavy atom. The second-order valence-corrected chi connectivity index (χ2v) is 11.1. The van der Waals surface area contributed by atoms with Gasteiger partial charge in [-0.1, -0.05) is 37.1 Å². The number of carbonyl (C=O) groups is 2. The van der Waals surface area contributed by atoms with Crippen LogP contribution in [0.15, 0.2) is 48.5 Å². The Hall–Kier alpha value is -3.27. The SMILES string of the molecule is CCOc1ccccc1N(CC(=O)N(Cc1ccc(OC)cc1)C(C)C(=O)NC1CCCC1)S(C)(=O)=O. The molecular formula is C27H37N3O6S. The summed E-state index contributed by atoms with van der Waals surface area (Å²) >= 11 is 0. The molecule has 0 aliphatic heterocycles. The Balaban J connectivity index is 1.90. The monoisotopic (exact) mass is 531 g/mol. The van der Waals surface area contributed by atoms with Crippen LogP contribution in [-0.4, -0.2) is 63.7 Å². The summed E-state index contributed by atoms with van der Waals surface area (Å²) in [4.78, 5) is 28.3. The molecule has 1 aliphatic carbocycles. The average molecular weight is 532 g/mol. The van der Waals surface area contributed by atoms with Crippen molar-refractivity contribution in [2.75, 3.05) is 30.8 Å². The van der Waals surface area contributed by atoms with E-state index in [-0.39, 0.29) is 24.2 Å². The molecule has 3 rings (SSSR count). The molecule has 1 aliphatic rings. The maximum atomic E-state index is 13.7. The second kappa shape index (κ2) is 12.8. The first-order valence-corrected chi connectivity index (χ1v) is 14.4. The predicted octanol–water partition coefficient (Wildman–Crippen LogP) is 3.34. The first kappa shape index (κ1) is 28.3. The lowest BCUT2D eigenvalue weighted by molar-refractivity contribution is -0.139. The molecule has 0 radical (unpaired) electrons. The molecule has 1 fully saturated rings. The van der Waals surface area contributed by atoms with Crippen molar-refractivity contribution in [2.45, 2.75) is 58.2 Å². The van der Waals surface area contributed by atoms with Crippen LogP contribution < -0.4 is 19.1 Å². The van der Waals surface area contributed by atoms with Gasteiger partial charge < -0.3 is 19.7 Å². The van der Waals surface area contributed by atoms with Gasteiger partial charge in [0.25, 0.3) is 0 Å². The van der Waals surface area contributed by atoms with Gasteiger partial charge in [-0.25, -0.2) is 8.42 Å². The first-order chi connectivity index (χ1) is 17.6. The smallest absolute Gasteiger partial charge is 0.244 e. The highest BCUT2D eigenvalue weighted by Crippen LogP contribution is 2.30. The highest BCUT2D eigenvalue weighted by molar-refractivity contribution is 7.92. The molecule has 202 valence electrons. The zero-order valence-corrected chi connectivity index (χ0v) is 22.8.